The number of nitrogens with two attached hydrogens (primary N) is 1. The number of hydrogen-bond donors (Lipinski definition) is 1. The van der Waals surface area contributed by atoms with Crippen LogP contribution in [-0.2, 0) is 6.54 Å². The standard InChI is InChI=1S/C20H19FN4O2/c1-3-7-25-10-14-17(20(25)26)18(22)12-6-4-5-11(19(12)24-14)13-8-16(21)23-9-15(13)27-2/h4-6,8-9H,3,7,10H2,1-2H3,(H2,22,24). The third-order valence-electron chi connectivity index (χ3n) is 4.81. The molecule has 6 nitrogen and oxygen atoms in total. The molecule has 4 rings (SSSR count). The lowest BCUT2D eigenvalue weighted by atomic mass is 9.99. The molecule has 138 valence electrons. The molecule has 27 heavy (non-hydrogen) atoms. The molecule has 0 saturated heterocycles. The van der Waals surface area contributed by atoms with Crippen LogP contribution in [0.5, 0.6) is 5.75 Å². The summed E-state index contributed by atoms with van der Waals surface area (Å²) < 4.78 is 19.1. The number of benzene rings is 1. The average molecular weight is 366 g/mol. The second-order valence-electron chi connectivity index (χ2n) is 6.48. The minimum atomic E-state index is -0.610. The molecule has 0 unspecified atom stereocenters. The van der Waals surface area contributed by atoms with Crippen LogP contribution >= 0.6 is 0 Å². The number of halogens is 1. The van der Waals surface area contributed by atoms with E-state index in [9.17, 15) is 9.18 Å². The van der Waals surface area contributed by atoms with Crippen LogP contribution in [-0.4, -0.2) is 34.4 Å². The molecule has 1 aliphatic rings. The van der Waals surface area contributed by atoms with Crippen molar-refractivity contribution in [3.8, 4) is 16.9 Å². The molecule has 0 bridgehead atoms. The van der Waals surface area contributed by atoms with Crippen molar-refractivity contribution in [2.24, 2.45) is 0 Å². The Labute approximate surface area is 155 Å². The maximum Gasteiger partial charge on any atom is 0.258 e. The molecule has 3 heterocycles. The number of carbonyl (C=O) groups is 1. The van der Waals surface area contributed by atoms with Gasteiger partial charge in [0.2, 0.25) is 5.95 Å². The number of ether oxygens (including phenoxy) is 1. The molecule has 3 aromatic rings. The van der Waals surface area contributed by atoms with Crippen LogP contribution in [0.1, 0.15) is 29.4 Å². The molecule has 0 saturated carbocycles. The molecule has 0 spiro atoms. The van der Waals surface area contributed by atoms with Crippen LogP contribution in [0.4, 0.5) is 10.1 Å². The molecule has 0 radical (unpaired) electrons. The molecular weight excluding hydrogens is 347 g/mol. The highest BCUT2D eigenvalue weighted by molar-refractivity contribution is 6.11. The summed E-state index contributed by atoms with van der Waals surface area (Å²) in [7, 11) is 1.50. The number of hydrogen-bond acceptors (Lipinski definition) is 5. The lowest BCUT2D eigenvalue weighted by Crippen LogP contribution is -2.24. The summed E-state index contributed by atoms with van der Waals surface area (Å²) >= 11 is 0. The number of methoxy groups -OCH3 is 1. The van der Waals surface area contributed by atoms with Gasteiger partial charge in [-0.3, -0.25) is 4.79 Å². The minimum Gasteiger partial charge on any atom is -0.494 e. The molecule has 1 aromatic carbocycles. The predicted octanol–water partition coefficient (Wildman–Crippen LogP) is 3.39. The zero-order chi connectivity index (χ0) is 19.1. The van der Waals surface area contributed by atoms with E-state index in [0.29, 0.717) is 57.8 Å². The van der Waals surface area contributed by atoms with E-state index in [-0.39, 0.29) is 5.91 Å². The Morgan fingerprint density at radius 2 is 2.15 bits per heavy atom. The quantitative estimate of drug-likeness (QED) is 0.716. The topological polar surface area (TPSA) is 81.3 Å². The van der Waals surface area contributed by atoms with Crippen molar-refractivity contribution < 1.29 is 13.9 Å². The van der Waals surface area contributed by atoms with Gasteiger partial charge in [-0.25, -0.2) is 9.97 Å². The first-order valence-corrected chi connectivity index (χ1v) is 8.75. The molecule has 2 aromatic heterocycles. The van der Waals surface area contributed by atoms with Crippen LogP contribution in [0.2, 0.25) is 0 Å². The molecule has 7 heteroatoms. The molecule has 0 aliphatic carbocycles. The maximum absolute atomic E-state index is 13.8. The van der Waals surface area contributed by atoms with E-state index in [0.717, 1.165) is 6.42 Å². The molecule has 1 amide bonds. The number of carbonyl (C=O) groups excluding carboxylic acids is 1. The van der Waals surface area contributed by atoms with Crippen LogP contribution in [0.3, 0.4) is 0 Å². The number of aromatic nitrogens is 2. The van der Waals surface area contributed by atoms with Gasteiger partial charge in [-0.15, -0.1) is 0 Å². The lowest BCUT2D eigenvalue weighted by Gasteiger charge is -2.13. The van der Waals surface area contributed by atoms with E-state index < -0.39 is 5.95 Å². The fraction of sp³-hybridized carbons (Fsp3) is 0.250. The highest BCUT2D eigenvalue weighted by Crippen LogP contribution is 2.39. The fourth-order valence-electron chi connectivity index (χ4n) is 3.58. The van der Waals surface area contributed by atoms with Crippen molar-refractivity contribution in [2.75, 3.05) is 19.4 Å². The SMILES string of the molecule is CCCN1Cc2nc3c(-c4cc(F)ncc4OC)cccc3c(N)c2C1=O. The second-order valence-corrected chi connectivity index (χ2v) is 6.48. The number of pyridine rings is 2. The highest BCUT2D eigenvalue weighted by Gasteiger charge is 2.32. The second kappa shape index (κ2) is 6.50. The summed E-state index contributed by atoms with van der Waals surface area (Å²) in [5.41, 5.74) is 9.73. The Kier molecular flexibility index (Phi) is 4.14. The Bertz CT molecular complexity index is 1070. The monoisotopic (exact) mass is 366 g/mol. The number of nitrogen functional groups attached to an aromatic ring is 1. The number of anilines is 1. The van der Waals surface area contributed by atoms with E-state index in [4.69, 9.17) is 15.5 Å². The van der Waals surface area contributed by atoms with Crippen molar-refractivity contribution in [3.05, 3.63) is 47.7 Å². The van der Waals surface area contributed by atoms with Crippen LogP contribution < -0.4 is 10.5 Å². The highest BCUT2D eigenvalue weighted by atomic mass is 19.1. The van der Waals surface area contributed by atoms with E-state index in [1.807, 2.05) is 25.1 Å². The number of nitrogens with zero attached hydrogens (tertiary/aromatic N) is 3. The van der Waals surface area contributed by atoms with Gasteiger partial charge in [-0.05, 0) is 6.42 Å². The van der Waals surface area contributed by atoms with E-state index >= 15 is 0 Å². The van der Waals surface area contributed by atoms with Crippen molar-refractivity contribution in [3.63, 3.8) is 0 Å². The first kappa shape index (κ1) is 17.2. The Hall–Kier alpha value is -3.22. The van der Waals surface area contributed by atoms with Crippen molar-refractivity contribution >= 4 is 22.5 Å². The lowest BCUT2D eigenvalue weighted by molar-refractivity contribution is 0.0779. The Morgan fingerprint density at radius 1 is 1.33 bits per heavy atom. The summed E-state index contributed by atoms with van der Waals surface area (Å²) in [6, 6.07) is 6.77. The van der Waals surface area contributed by atoms with Crippen LogP contribution in [0.25, 0.3) is 22.0 Å². The zero-order valence-electron chi connectivity index (χ0n) is 15.1. The van der Waals surface area contributed by atoms with Gasteiger partial charge >= 0.3 is 0 Å². The maximum atomic E-state index is 13.8. The van der Waals surface area contributed by atoms with Gasteiger partial charge in [0.15, 0.2) is 0 Å². The van der Waals surface area contributed by atoms with E-state index in [1.165, 1.54) is 19.4 Å². The molecule has 0 atom stereocenters. The summed E-state index contributed by atoms with van der Waals surface area (Å²) in [5, 5.41) is 0.664. The first-order chi connectivity index (χ1) is 13.0. The Balaban J connectivity index is 1.97. The third-order valence-corrected chi connectivity index (χ3v) is 4.81. The average Bonchev–Trinajstić information content (AvgIpc) is 2.97. The largest absolute Gasteiger partial charge is 0.494 e. The predicted molar refractivity (Wildman–Crippen MR) is 101 cm³/mol. The van der Waals surface area contributed by atoms with Gasteiger partial charge in [0.25, 0.3) is 5.91 Å². The van der Waals surface area contributed by atoms with Crippen molar-refractivity contribution in [2.45, 2.75) is 19.9 Å². The number of rotatable bonds is 4. The number of para-hydroxylation sites is 1. The Morgan fingerprint density at radius 3 is 2.89 bits per heavy atom. The number of amides is 1. The zero-order valence-corrected chi connectivity index (χ0v) is 15.1. The minimum absolute atomic E-state index is 0.0864. The summed E-state index contributed by atoms with van der Waals surface area (Å²) in [6.45, 7) is 3.10. The summed E-state index contributed by atoms with van der Waals surface area (Å²) in [5.74, 6) is -0.258. The van der Waals surface area contributed by atoms with E-state index in [1.54, 1.807) is 4.90 Å². The third kappa shape index (κ3) is 2.66. The molecular formula is C20H19FN4O2. The van der Waals surface area contributed by atoms with Gasteiger partial charge in [0.05, 0.1) is 42.3 Å². The van der Waals surface area contributed by atoms with E-state index in [2.05, 4.69) is 4.98 Å². The molecule has 0 fully saturated rings. The number of fused-ring (bicyclic) bond motifs is 2. The van der Waals surface area contributed by atoms with Crippen molar-refractivity contribution in [1.29, 1.82) is 0 Å². The summed E-state index contributed by atoms with van der Waals surface area (Å²) in [4.78, 5) is 22.8. The fourth-order valence-corrected chi connectivity index (χ4v) is 3.58. The van der Waals surface area contributed by atoms with Gasteiger partial charge in [-0.1, -0.05) is 25.1 Å². The van der Waals surface area contributed by atoms with Crippen LogP contribution in [0, 0.1) is 5.95 Å². The molecule has 1 aliphatic heterocycles. The smallest absolute Gasteiger partial charge is 0.258 e. The van der Waals surface area contributed by atoms with Gasteiger partial charge in [0.1, 0.15) is 5.75 Å². The van der Waals surface area contributed by atoms with Gasteiger partial charge in [0, 0.05) is 29.1 Å². The van der Waals surface area contributed by atoms with Gasteiger partial charge in [-0.2, -0.15) is 4.39 Å². The normalized spacial score (nSPS) is 13.3. The van der Waals surface area contributed by atoms with Crippen molar-refractivity contribution in [1.82, 2.24) is 14.9 Å². The first-order valence-electron chi connectivity index (χ1n) is 8.75. The molecule has 2 N–H and O–H groups in total. The summed E-state index contributed by atoms with van der Waals surface area (Å²) in [6.07, 6.45) is 2.20. The van der Waals surface area contributed by atoms with Gasteiger partial charge < -0.3 is 15.4 Å². The van der Waals surface area contributed by atoms with Crippen LogP contribution in [0.15, 0.2) is 30.5 Å².